The number of nitrogens with zero attached hydrogens (tertiary/aromatic N) is 2. The topological polar surface area (TPSA) is 64.7 Å². The quantitative estimate of drug-likeness (QED) is 0.596. The molecule has 2 rings (SSSR count). The van der Waals surface area contributed by atoms with Crippen molar-refractivity contribution in [2.24, 2.45) is 5.92 Å². The molecule has 0 atom stereocenters. The highest BCUT2D eigenvalue weighted by atomic mass is 16.2. The van der Waals surface area contributed by atoms with Crippen LogP contribution in [-0.4, -0.2) is 43.5 Å². The Labute approximate surface area is 182 Å². The van der Waals surface area contributed by atoms with Crippen LogP contribution in [0, 0.1) is 5.92 Å². The van der Waals surface area contributed by atoms with Crippen LogP contribution in [0.1, 0.15) is 71.3 Å². The summed E-state index contributed by atoms with van der Waals surface area (Å²) in [6.45, 7) is 7.26. The van der Waals surface area contributed by atoms with Crippen molar-refractivity contribution in [1.29, 1.82) is 0 Å². The zero-order valence-corrected chi connectivity index (χ0v) is 19.5. The van der Waals surface area contributed by atoms with Crippen LogP contribution in [-0.2, 0) is 11.3 Å². The fourth-order valence-electron chi connectivity index (χ4n) is 4.40. The highest BCUT2D eigenvalue weighted by Gasteiger charge is 2.30. The lowest BCUT2D eigenvalue weighted by Gasteiger charge is -2.37. The van der Waals surface area contributed by atoms with Crippen molar-refractivity contribution in [1.82, 2.24) is 10.2 Å². The molecule has 0 radical (unpaired) electrons. The van der Waals surface area contributed by atoms with E-state index in [1.807, 2.05) is 39.2 Å². The van der Waals surface area contributed by atoms with Gasteiger partial charge in [0.1, 0.15) is 0 Å². The normalized spacial score (nSPS) is 14.5. The van der Waals surface area contributed by atoms with Gasteiger partial charge in [-0.15, -0.1) is 0 Å². The number of benzene rings is 1. The summed E-state index contributed by atoms with van der Waals surface area (Å²) in [5, 5.41) is 5.67. The number of urea groups is 1. The van der Waals surface area contributed by atoms with E-state index in [4.69, 9.17) is 0 Å². The van der Waals surface area contributed by atoms with Gasteiger partial charge in [0.2, 0.25) is 5.91 Å². The number of rotatable bonds is 9. The highest BCUT2D eigenvalue weighted by Crippen LogP contribution is 2.30. The molecule has 0 bridgehead atoms. The first-order chi connectivity index (χ1) is 14.4. The Morgan fingerprint density at radius 3 is 2.30 bits per heavy atom. The van der Waals surface area contributed by atoms with Gasteiger partial charge in [-0.3, -0.25) is 4.79 Å². The molecule has 0 aromatic heterocycles. The molecule has 3 amide bonds. The Morgan fingerprint density at radius 1 is 1.07 bits per heavy atom. The monoisotopic (exact) mass is 416 g/mol. The second-order valence-corrected chi connectivity index (χ2v) is 8.49. The van der Waals surface area contributed by atoms with Crippen LogP contribution in [0.3, 0.4) is 0 Å². The number of carbonyl (C=O) groups excluding carboxylic acids is 2. The third kappa shape index (κ3) is 6.38. The van der Waals surface area contributed by atoms with Gasteiger partial charge in [0.05, 0.1) is 0 Å². The third-order valence-electron chi connectivity index (χ3n) is 6.13. The Bertz CT molecular complexity index is 694. The van der Waals surface area contributed by atoms with Gasteiger partial charge in [-0.05, 0) is 56.4 Å². The van der Waals surface area contributed by atoms with Crippen LogP contribution < -0.4 is 15.5 Å². The number of hydrogen-bond acceptors (Lipinski definition) is 3. The first-order valence-corrected chi connectivity index (χ1v) is 11.6. The highest BCUT2D eigenvalue weighted by molar-refractivity contribution is 5.89. The Morgan fingerprint density at radius 2 is 1.73 bits per heavy atom. The van der Waals surface area contributed by atoms with Crippen molar-refractivity contribution >= 4 is 23.3 Å². The molecule has 6 heteroatoms. The second kappa shape index (κ2) is 11.8. The summed E-state index contributed by atoms with van der Waals surface area (Å²) in [4.78, 5) is 29.7. The molecule has 0 spiro atoms. The van der Waals surface area contributed by atoms with E-state index in [0.29, 0.717) is 19.1 Å². The summed E-state index contributed by atoms with van der Waals surface area (Å²) in [5.41, 5.74) is 2.90. The molecule has 2 N–H and O–H groups in total. The predicted octanol–water partition coefficient (Wildman–Crippen LogP) is 4.99. The van der Waals surface area contributed by atoms with E-state index in [-0.39, 0.29) is 17.9 Å². The third-order valence-corrected chi connectivity index (χ3v) is 6.13. The van der Waals surface area contributed by atoms with Crippen molar-refractivity contribution < 1.29 is 9.59 Å². The molecule has 1 aromatic rings. The minimum Gasteiger partial charge on any atom is -0.377 e. The van der Waals surface area contributed by atoms with E-state index in [1.54, 1.807) is 0 Å². The van der Waals surface area contributed by atoms with Crippen LogP contribution >= 0.6 is 0 Å². The molecule has 1 aliphatic carbocycles. The number of hydrogen-bond donors (Lipinski definition) is 2. The molecule has 1 aliphatic rings. The first kappa shape index (κ1) is 24.0. The zero-order valence-electron chi connectivity index (χ0n) is 19.5. The fourth-order valence-corrected chi connectivity index (χ4v) is 4.40. The summed E-state index contributed by atoms with van der Waals surface area (Å²) < 4.78 is 0. The fraction of sp³-hybridized carbons (Fsp3) is 0.667. The van der Waals surface area contributed by atoms with Crippen LogP contribution in [0.2, 0.25) is 0 Å². The zero-order chi connectivity index (χ0) is 22.1. The minimum absolute atomic E-state index is 0.0753. The van der Waals surface area contributed by atoms with Crippen molar-refractivity contribution in [2.75, 3.05) is 30.9 Å². The van der Waals surface area contributed by atoms with Crippen molar-refractivity contribution in [2.45, 2.75) is 78.3 Å². The van der Waals surface area contributed by atoms with Gasteiger partial charge in [-0.1, -0.05) is 33.1 Å². The number of anilines is 2. The lowest BCUT2D eigenvalue weighted by molar-refractivity contribution is -0.139. The molecule has 30 heavy (non-hydrogen) atoms. The molecule has 0 unspecified atom stereocenters. The molecule has 0 aliphatic heterocycles. The number of nitrogens with one attached hydrogen (secondary N) is 2. The summed E-state index contributed by atoms with van der Waals surface area (Å²) in [7, 11) is 4.03. The maximum Gasteiger partial charge on any atom is 0.319 e. The second-order valence-electron chi connectivity index (χ2n) is 8.49. The largest absolute Gasteiger partial charge is 0.377 e. The average Bonchev–Trinajstić information content (AvgIpc) is 2.73. The molecule has 0 saturated heterocycles. The molecule has 168 valence electrons. The van der Waals surface area contributed by atoms with E-state index in [9.17, 15) is 9.59 Å². The summed E-state index contributed by atoms with van der Waals surface area (Å²) in [6, 6.07) is 6.06. The Balaban J connectivity index is 2.35. The molecule has 6 nitrogen and oxygen atoms in total. The maximum atomic E-state index is 13.5. The van der Waals surface area contributed by atoms with Crippen molar-refractivity contribution in [3.63, 3.8) is 0 Å². The van der Waals surface area contributed by atoms with E-state index in [0.717, 1.165) is 42.6 Å². The molecular weight excluding hydrogens is 376 g/mol. The summed E-state index contributed by atoms with van der Waals surface area (Å²) >= 11 is 0. The molecule has 1 fully saturated rings. The molecular formula is C24H40N4O2. The summed E-state index contributed by atoms with van der Waals surface area (Å²) in [5.74, 6) is 0.352. The maximum absolute atomic E-state index is 13.5. The SMILES string of the molecule is CCNC(=O)Nc1ccc(N(C)C)c(CN(C(=O)C(CC)CC)C2CCCCC2)c1. The van der Waals surface area contributed by atoms with Gasteiger partial charge in [0.15, 0.2) is 0 Å². The predicted molar refractivity (Wildman–Crippen MR) is 125 cm³/mol. The van der Waals surface area contributed by atoms with Gasteiger partial charge >= 0.3 is 6.03 Å². The van der Waals surface area contributed by atoms with Gasteiger partial charge in [0, 0.05) is 50.5 Å². The minimum atomic E-state index is -0.210. The molecule has 1 aromatic carbocycles. The van der Waals surface area contributed by atoms with E-state index in [2.05, 4.69) is 34.3 Å². The van der Waals surface area contributed by atoms with E-state index < -0.39 is 0 Å². The Hall–Kier alpha value is -2.24. The van der Waals surface area contributed by atoms with Gasteiger partial charge in [-0.25, -0.2) is 4.79 Å². The lowest BCUT2D eigenvalue weighted by Crippen LogP contribution is -2.44. The van der Waals surface area contributed by atoms with Gasteiger partial charge < -0.3 is 20.4 Å². The van der Waals surface area contributed by atoms with Gasteiger partial charge in [-0.2, -0.15) is 0 Å². The number of carbonyl (C=O) groups is 2. The summed E-state index contributed by atoms with van der Waals surface area (Å²) in [6.07, 6.45) is 7.56. The molecule has 0 heterocycles. The average molecular weight is 417 g/mol. The van der Waals surface area contributed by atoms with Crippen molar-refractivity contribution in [3.05, 3.63) is 23.8 Å². The van der Waals surface area contributed by atoms with Crippen LogP contribution in [0.25, 0.3) is 0 Å². The smallest absolute Gasteiger partial charge is 0.319 e. The van der Waals surface area contributed by atoms with Crippen LogP contribution in [0.5, 0.6) is 0 Å². The lowest BCUT2D eigenvalue weighted by atomic mass is 9.91. The number of amides is 3. The van der Waals surface area contributed by atoms with Gasteiger partial charge in [0.25, 0.3) is 0 Å². The van der Waals surface area contributed by atoms with Crippen molar-refractivity contribution in [3.8, 4) is 0 Å². The Kier molecular flexibility index (Phi) is 9.47. The van der Waals surface area contributed by atoms with Crippen LogP contribution in [0.4, 0.5) is 16.2 Å². The molecule has 1 saturated carbocycles. The van der Waals surface area contributed by atoms with E-state index >= 15 is 0 Å². The standard InChI is InChI=1S/C24H40N4O2/c1-6-18(7-2)23(29)28(21-12-10-9-11-13-21)17-19-16-20(26-24(30)25-8-3)14-15-22(19)27(4)5/h14-16,18,21H,6-13,17H2,1-5H3,(H2,25,26,30). The van der Waals surface area contributed by atoms with E-state index in [1.165, 1.54) is 19.3 Å². The van der Waals surface area contributed by atoms with Crippen LogP contribution in [0.15, 0.2) is 18.2 Å². The first-order valence-electron chi connectivity index (χ1n) is 11.6.